The number of para-hydroxylation sites is 1. The molecule has 1 aromatic carbocycles. The molecule has 0 saturated carbocycles. The van der Waals surface area contributed by atoms with Gasteiger partial charge in [-0.3, -0.25) is 9.99 Å². The maximum absolute atomic E-state index is 12.6. The number of methoxy groups -OCH3 is 2. The van der Waals surface area contributed by atoms with Gasteiger partial charge >= 0.3 is 11.9 Å². The topological polar surface area (TPSA) is 80.8 Å². The van der Waals surface area contributed by atoms with E-state index in [2.05, 4.69) is 10.4 Å². The highest BCUT2D eigenvalue weighted by Gasteiger charge is 2.50. The highest BCUT2D eigenvalue weighted by atomic mass is 16.5. The zero-order valence-corrected chi connectivity index (χ0v) is 14.7. The normalized spacial score (nSPS) is 19.4. The third-order valence-electron chi connectivity index (χ3n) is 4.26. The first-order valence-corrected chi connectivity index (χ1v) is 7.98. The van der Waals surface area contributed by atoms with E-state index in [0.29, 0.717) is 11.4 Å². The maximum Gasteiger partial charge on any atom is 0.356 e. The summed E-state index contributed by atoms with van der Waals surface area (Å²) in [5.74, 6) is -1.29. The van der Waals surface area contributed by atoms with E-state index in [9.17, 15) is 9.59 Å². The van der Waals surface area contributed by atoms with Crippen LogP contribution < -0.4 is 10.4 Å². The summed E-state index contributed by atoms with van der Waals surface area (Å²) in [7, 11) is 2.54. The lowest BCUT2D eigenvalue weighted by molar-refractivity contribution is -0.139. The van der Waals surface area contributed by atoms with E-state index < -0.39 is 17.5 Å². The van der Waals surface area contributed by atoms with E-state index in [4.69, 9.17) is 9.47 Å². The number of rotatable bonds is 4. The minimum atomic E-state index is -1.08. The van der Waals surface area contributed by atoms with E-state index in [1.165, 1.54) is 19.2 Å². The summed E-state index contributed by atoms with van der Waals surface area (Å²) in [6.45, 7) is 1.77. The Bertz CT molecular complexity index is 852. The molecule has 1 unspecified atom stereocenters. The Morgan fingerprint density at radius 2 is 1.65 bits per heavy atom. The van der Waals surface area contributed by atoms with E-state index >= 15 is 0 Å². The molecule has 0 amide bonds. The summed E-state index contributed by atoms with van der Waals surface area (Å²) in [6.07, 6.45) is 1.63. The largest absolute Gasteiger partial charge is 0.466 e. The highest BCUT2D eigenvalue weighted by Crippen LogP contribution is 2.40. The van der Waals surface area contributed by atoms with Gasteiger partial charge in [0.15, 0.2) is 5.70 Å². The highest BCUT2D eigenvalue weighted by molar-refractivity contribution is 6.05. The van der Waals surface area contributed by atoms with Crippen molar-refractivity contribution in [1.29, 1.82) is 0 Å². The number of ether oxygens (including phenoxy) is 2. The fourth-order valence-corrected chi connectivity index (χ4v) is 2.99. The van der Waals surface area contributed by atoms with Crippen molar-refractivity contribution in [3.05, 3.63) is 71.7 Å². The van der Waals surface area contributed by atoms with Crippen molar-refractivity contribution in [3.8, 4) is 0 Å². The van der Waals surface area contributed by atoms with Gasteiger partial charge in [0.05, 0.1) is 31.2 Å². The van der Waals surface area contributed by atoms with Gasteiger partial charge in [-0.25, -0.2) is 15.0 Å². The molecule has 0 saturated heterocycles. The van der Waals surface area contributed by atoms with E-state index in [0.717, 1.165) is 0 Å². The summed E-state index contributed by atoms with van der Waals surface area (Å²) in [6, 6.07) is 14.5. The lowest BCUT2D eigenvalue weighted by atomic mass is 9.88. The van der Waals surface area contributed by atoms with Crippen LogP contribution in [0.4, 0.5) is 5.69 Å². The average Bonchev–Trinajstić information content (AvgIpc) is 3.02. The molecule has 0 bridgehead atoms. The Hall–Kier alpha value is -3.19. The minimum Gasteiger partial charge on any atom is -0.466 e. The Labute approximate surface area is 151 Å². The monoisotopic (exact) mass is 353 g/mol. The Morgan fingerprint density at radius 1 is 1.00 bits per heavy atom. The third kappa shape index (κ3) is 2.82. The third-order valence-corrected chi connectivity index (χ3v) is 4.26. The molecule has 0 aliphatic carbocycles. The predicted molar refractivity (Wildman–Crippen MR) is 94.7 cm³/mol. The number of pyridine rings is 1. The van der Waals surface area contributed by atoms with Crippen molar-refractivity contribution in [2.45, 2.75) is 12.5 Å². The van der Waals surface area contributed by atoms with Gasteiger partial charge in [-0.1, -0.05) is 24.3 Å². The van der Waals surface area contributed by atoms with Gasteiger partial charge in [-0.05, 0) is 31.2 Å². The quantitative estimate of drug-likeness (QED) is 0.841. The molecule has 7 nitrogen and oxygen atoms in total. The van der Waals surface area contributed by atoms with Crippen LogP contribution >= 0.6 is 0 Å². The van der Waals surface area contributed by atoms with Crippen LogP contribution in [0.5, 0.6) is 0 Å². The van der Waals surface area contributed by atoms with Crippen molar-refractivity contribution < 1.29 is 19.1 Å². The van der Waals surface area contributed by atoms with E-state index in [1.54, 1.807) is 25.3 Å². The van der Waals surface area contributed by atoms with E-state index in [-0.39, 0.29) is 11.3 Å². The molecule has 2 aromatic rings. The molecule has 134 valence electrons. The average molecular weight is 353 g/mol. The standard InChI is InChI=1S/C19H19N3O4/c1-19(14-11-7-8-12-20-14)15(17(23)25-2)16(18(24)26-3)22(21-19)13-9-5-4-6-10-13/h4-12,21H,1-3H3. The maximum atomic E-state index is 12.6. The summed E-state index contributed by atoms with van der Waals surface area (Å²) >= 11 is 0. The number of carbonyl (C=O) groups excluding carboxylic acids is 2. The van der Waals surface area contributed by atoms with Crippen molar-refractivity contribution in [1.82, 2.24) is 10.4 Å². The van der Waals surface area contributed by atoms with Crippen LogP contribution in [0.2, 0.25) is 0 Å². The van der Waals surface area contributed by atoms with Crippen LogP contribution in [0, 0.1) is 0 Å². The number of esters is 2. The fraction of sp³-hybridized carbons (Fsp3) is 0.211. The number of hydrogen-bond acceptors (Lipinski definition) is 7. The van der Waals surface area contributed by atoms with Crippen LogP contribution in [0.1, 0.15) is 12.6 Å². The van der Waals surface area contributed by atoms with Crippen LogP contribution in [0.3, 0.4) is 0 Å². The smallest absolute Gasteiger partial charge is 0.356 e. The number of nitrogens with one attached hydrogen (secondary N) is 1. The molecule has 2 heterocycles. The Kier molecular flexibility index (Phi) is 4.73. The fourth-order valence-electron chi connectivity index (χ4n) is 2.99. The Morgan fingerprint density at radius 3 is 2.23 bits per heavy atom. The molecular weight excluding hydrogens is 334 g/mol. The van der Waals surface area contributed by atoms with Gasteiger partial charge in [0.1, 0.15) is 5.54 Å². The minimum absolute atomic E-state index is 0.0682. The predicted octanol–water partition coefficient (Wildman–Crippen LogP) is 1.92. The summed E-state index contributed by atoms with van der Waals surface area (Å²) < 4.78 is 9.89. The Balaban J connectivity index is 2.26. The molecule has 26 heavy (non-hydrogen) atoms. The first-order chi connectivity index (χ1) is 12.5. The molecular formula is C19H19N3O4. The SMILES string of the molecule is COC(=O)C1=C(C(=O)OC)C(C)(c2ccccn2)NN1c1ccccc1. The summed E-state index contributed by atoms with van der Waals surface area (Å²) in [5.41, 5.74) is 3.60. The first-order valence-electron chi connectivity index (χ1n) is 7.98. The molecule has 7 heteroatoms. The molecule has 1 N–H and O–H groups in total. The van der Waals surface area contributed by atoms with Gasteiger partial charge in [-0.15, -0.1) is 0 Å². The molecule has 1 aromatic heterocycles. The van der Waals surface area contributed by atoms with Crippen LogP contribution in [0.15, 0.2) is 66.0 Å². The number of benzene rings is 1. The molecule has 1 aliphatic rings. The second kappa shape index (κ2) is 6.97. The van der Waals surface area contributed by atoms with Gasteiger partial charge in [0.25, 0.3) is 0 Å². The molecule has 1 aliphatic heterocycles. The van der Waals surface area contributed by atoms with Crippen molar-refractivity contribution in [2.24, 2.45) is 0 Å². The van der Waals surface area contributed by atoms with Gasteiger partial charge in [-0.2, -0.15) is 0 Å². The number of hydrazine groups is 1. The van der Waals surface area contributed by atoms with Crippen molar-refractivity contribution in [2.75, 3.05) is 19.2 Å². The van der Waals surface area contributed by atoms with Gasteiger partial charge in [0, 0.05) is 6.20 Å². The van der Waals surface area contributed by atoms with Crippen molar-refractivity contribution >= 4 is 17.6 Å². The van der Waals surface area contributed by atoms with Crippen LogP contribution in [-0.4, -0.2) is 31.1 Å². The molecule has 3 rings (SSSR count). The molecule has 1 atom stereocenters. The van der Waals surface area contributed by atoms with Gasteiger partial charge in [0.2, 0.25) is 0 Å². The number of anilines is 1. The lowest BCUT2D eigenvalue weighted by Crippen LogP contribution is -2.46. The van der Waals surface area contributed by atoms with Gasteiger partial charge < -0.3 is 9.47 Å². The number of hydrogen-bond donors (Lipinski definition) is 1. The second-order valence-corrected chi connectivity index (χ2v) is 5.83. The zero-order valence-electron chi connectivity index (χ0n) is 14.7. The molecule has 0 radical (unpaired) electrons. The molecule has 0 spiro atoms. The lowest BCUT2D eigenvalue weighted by Gasteiger charge is -2.29. The number of nitrogens with zero attached hydrogens (tertiary/aromatic N) is 2. The van der Waals surface area contributed by atoms with Crippen molar-refractivity contribution in [3.63, 3.8) is 0 Å². The summed E-state index contributed by atoms with van der Waals surface area (Å²) in [5, 5.41) is 1.53. The molecule has 0 fully saturated rings. The van der Waals surface area contributed by atoms with Crippen LogP contribution in [-0.2, 0) is 24.6 Å². The first kappa shape index (κ1) is 17.6. The summed E-state index contributed by atoms with van der Waals surface area (Å²) in [4.78, 5) is 29.6. The second-order valence-electron chi connectivity index (χ2n) is 5.83. The van der Waals surface area contributed by atoms with Crippen LogP contribution in [0.25, 0.3) is 0 Å². The number of aromatic nitrogens is 1. The number of carbonyl (C=O) groups is 2. The van der Waals surface area contributed by atoms with E-state index in [1.807, 2.05) is 36.4 Å². The zero-order chi connectivity index (χ0) is 18.7.